The van der Waals surface area contributed by atoms with Crippen LogP contribution in [0.2, 0.25) is 5.02 Å². The van der Waals surface area contributed by atoms with Crippen molar-refractivity contribution in [3.8, 4) is 0 Å². The first-order chi connectivity index (χ1) is 8.66. The van der Waals surface area contributed by atoms with Crippen molar-refractivity contribution in [2.45, 2.75) is 17.9 Å². The lowest BCUT2D eigenvalue weighted by molar-refractivity contribution is 0.658. The number of nitrogens with zero attached hydrogens (tertiary/aromatic N) is 2. The Balaban J connectivity index is 1.93. The summed E-state index contributed by atoms with van der Waals surface area (Å²) in [5, 5.41) is 0.558. The molecule has 0 spiro atoms. The number of aromatic nitrogens is 2. The summed E-state index contributed by atoms with van der Waals surface area (Å²) in [6, 6.07) is 5.05. The van der Waals surface area contributed by atoms with Crippen LogP contribution < -0.4 is 5.73 Å². The van der Waals surface area contributed by atoms with Crippen LogP contribution in [0.3, 0.4) is 0 Å². The average Bonchev–Trinajstić information content (AvgIpc) is 2.85. The Kier molecular flexibility index (Phi) is 4.38. The van der Waals surface area contributed by atoms with Gasteiger partial charge in [-0.2, -0.15) is 0 Å². The van der Waals surface area contributed by atoms with Crippen molar-refractivity contribution < 1.29 is 4.21 Å². The van der Waals surface area contributed by atoms with E-state index in [-0.39, 0.29) is 0 Å². The number of aryl methyl sites for hydroxylation is 1. The number of imidazole rings is 1. The molecule has 1 atom stereocenters. The molecule has 2 aromatic rings. The fourth-order valence-electron chi connectivity index (χ4n) is 1.61. The highest BCUT2D eigenvalue weighted by Gasteiger charge is 2.08. The number of halogens is 1. The summed E-state index contributed by atoms with van der Waals surface area (Å²) in [6.07, 6.45) is 6.16. The minimum Gasteiger partial charge on any atom is -0.398 e. The van der Waals surface area contributed by atoms with Gasteiger partial charge in [0, 0.05) is 35.4 Å². The van der Waals surface area contributed by atoms with Crippen molar-refractivity contribution in [2.75, 3.05) is 11.5 Å². The highest BCUT2D eigenvalue weighted by Crippen LogP contribution is 2.21. The molecule has 2 N–H and O–H groups in total. The van der Waals surface area contributed by atoms with Gasteiger partial charge < -0.3 is 10.3 Å². The van der Waals surface area contributed by atoms with Crippen molar-refractivity contribution in [3.63, 3.8) is 0 Å². The Labute approximate surface area is 113 Å². The highest BCUT2D eigenvalue weighted by atomic mass is 35.5. The topological polar surface area (TPSA) is 60.9 Å². The molecule has 0 saturated heterocycles. The highest BCUT2D eigenvalue weighted by molar-refractivity contribution is 7.85. The molecule has 0 amide bonds. The second-order valence-corrected chi connectivity index (χ2v) is 5.86. The first kappa shape index (κ1) is 13.1. The van der Waals surface area contributed by atoms with Crippen LogP contribution in [-0.4, -0.2) is 19.5 Å². The predicted octanol–water partition coefficient (Wildman–Crippen LogP) is 2.32. The molecule has 1 unspecified atom stereocenters. The van der Waals surface area contributed by atoms with Gasteiger partial charge in [-0.25, -0.2) is 4.98 Å². The van der Waals surface area contributed by atoms with E-state index in [1.807, 2.05) is 10.8 Å². The molecule has 6 heteroatoms. The fraction of sp³-hybridized carbons (Fsp3) is 0.250. The van der Waals surface area contributed by atoms with Crippen molar-refractivity contribution in [3.05, 3.63) is 41.9 Å². The molecule has 0 bridgehead atoms. The summed E-state index contributed by atoms with van der Waals surface area (Å²) < 4.78 is 14.1. The second kappa shape index (κ2) is 6.02. The number of hydrogen-bond donors (Lipinski definition) is 1. The predicted molar refractivity (Wildman–Crippen MR) is 74.0 cm³/mol. The van der Waals surface area contributed by atoms with E-state index in [9.17, 15) is 4.21 Å². The van der Waals surface area contributed by atoms with E-state index in [0.29, 0.717) is 21.4 Å². The smallest absolute Gasteiger partial charge is 0.0945 e. The SMILES string of the molecule is Nc1ccc(Cl)cc1S(=O)CCCn1ccnc1. The standard InChI is InChI=1S/C12H14ClN3OS/c13-10-2-3-11(14)12(8-10)18(17)7-1-5-16-6-4-15-9-16/h2-4,6,8-9H,1,5,7,14H2. The molecule has 0 aliphatic rings. The number of benzene rings is 1. The molecule has 0 aliphatic carbocycles. The van der Waals surface area contributed by atoms with Gasteiger partial charge in [-0.1, -0.05) is 11.6 Å². The molecule has 1 aromatic carbocycles. The van der Waals surface area contributed by atoms with E-state index in [0.717, 1.165) is 13.0 Å². The third-order valence-corrected chi connectivity index (χ3v) is 4.26. The second-order valence-electron chi connectivity index (χ2n) is 3.89. The van der Waals surface area contributed by atoms with E-state index in [4.69, 9.17) is 17.3 Å². The molecule has 96 valence electrons. The van der Waals surface area contributed by atoms with Crippen molar-refractivity contribution in [1.82, 2.24) is 9.55 Å². The normalized spacial score (nSPS) is 12.5. The van der Waals surface area contributed by atoms with Gasteiger partial charge in [-0.3, -0.25) is 4.21 Å². The van der Waals surface area contributed by atoms with Gasteiger partial charge in [0.25, 0.3) is 0 Å². The lowest BCUT2D eigenvalue weighted by Gasteiger charge is -2.06. The van der Waals surface area contributed by atoms with Gasteiger partial charge in [-0.15, -0.1) is 0 Å². The molecule has 0 saturated carbocycles. The van der Waals surface area contributed by atoms with E-state index in [1.54, 1.807) is 30.7 Å². The van der Waals surface area contributed by atoms with Crippen LogP contribution in [0, 0.1) is 0 Å². The Morgan fingerprint density at radius 2 is 2.28 bits per heavy atom. The molecular weight excluding hydrogens is 270 g/mol. The number of nitrogen functional groups attached to an aromatic ring is 1. The van der Waals surface area contributed by atoms with Crippen LogP contribution in [-0.2, 0) is 17.3 Å². The summed E-state index contributed by atoms with van der Waals surface area (Å²) in [4.78, 5) is 4.57. The number of rotatable bonds is 5. The van der Waals surface area contributed by atoms with Crippen LogP contribution in [0.25, 0.3) is 0 Å². The zero-order valence-electron chi connectivity index (χ0n) is 9.75. The third kappa shape index (κ3) is 3.34. The minimum atomic E-state index is -1.11. The quantitative estimate of drug-likeness (QED) is 0.857. The molecule has 1 heterocycles. The summed E-state index contributed by atoms with van der Waals surface area (Å²) in [5.74, 6) is 0.558. The van der Waals surface area contributed by atoms with Crippen LogP contribution in [0.5, 0.6) is 0 Å². The van der Waals surface area contributed by atoms with Gasteiger partial charge in [0.05, 0.1) is 22.0 Å². The maximum Gasteiger partial charge on any atom is 0.0945 e. The van der Waals surface area contributed by atoms with Gasteiger partial charge in [0.15, 0.2) is 0 Å². The first-order valence-corrected chi connectivity index (χ1v) is 7.25. The Bertz CT molecular complexity index is 542. The van der Waals surface area contributed by atoms with Gasteiger partial charge in [-0.05, 0) is 24.6 Å². The van der Waals surface area contributed by atoms with Crippen LogP contribution >= 0.6 is 11.6 Å². The van der Waals surface area contributed by atoms with Gasteiger partial charge in [0.1, 0.15) is 0 Å². The Morgan fingerprint density at radius 1 is 1.44 bits per heavy atom. The number of nitrogens with two attached hydrogens (primary N) is 1. The molecule has 4 nitrogen and oxygen atoms in total. The fourth-order valence-corrected chi connectivity index (χ4v) is 3.05. The largest absolute Gasteiger partial charge is 0.398 e. The van der Waals surface area contributed by atoms with Gasteiger partial charge in [0.2, 0.25) is 0 Å². The zero-order chi connectivity index (χ0) is 13.0. The van der Waals surface area contributed by atoms with Crippen molar-refractivity contribution >= 4 is 28.1 Å². The van der Waals surface area contributed by atoms with E-state index in [2.05, 4.69) is 4.98 Å². The lowest BCUT2D eigenvalue weighted by Crippen LogP contribution is -2.05. The molecule has 2 rings (SSSR count). The molecule has 0 radical (unpaired) electrons. The third-order valence-electron chi connectivity index (χ3n) is 2.53. The summed E-state index contributed by atoms with van der Waals surface area (Å²) in [7, 11) is -1.11. The van der Waals surface area contributed by atoms with E-state index in [1.165, 1.54) is 0 Å². The molecular formula is C12H14ClN3OS. The Hall–Kier alpha value is -1.33. The summed E-state index contributed by atoms with van der Waals surface area (Å²) in [6.45, 7) is 0.798. The maximum absolute atomic E-state index is 12.1. The monoisotopic (exact) mass is 283 g/mol. The van der Waals surface area contributed by atoms with E-state index >= 15 is 0 Å². The molecule has 0 fully saturated rings. The van der Waals surface area contributed by atoms with Crippen molar-refractivity contribution in [1.29, 1.82) is 0 Å². The van der Waals surface area contributed by atoms with E-state index < -0.39 is 10.8 Å². The maximum atomic E-state index is 12.1. The zero-order valence-corrected chi connectivity index (χ0v) is 11.3. The lowest BCUT2D eigenvalue weighted by atomic mass is 10.3. The molecule has 0 aliphatic heterocycles. The molecule has 1 aromatic heterocycles. The summed E-state index contributed by atoms with van der Waals surface area (Å²) in [5.41, 5.74) is 6.32. The summed E-state index contributed by atoms with van der Waals surface area (Å²) >= 11 is 5.87. The van der Waals surface area contributed by atoms with Crippen LogP contribution in [0.1, 0.15) is 6.42 Å². The van der Waals surface area contributed by atoms with Crippen LogP contribution in [0.4, 0.5) is 5.69 Å². The van der Waals surface area contributed by atoms with Gasteiger partial charge >= 0.3 is 0 Å². The average molecular weight is 284 g/mol. The van der Waals surface area contributed by atoms with Crippen LogP contribution in [0.15, 0.2) is 41.8 Å². The number of hydrogen-bond acceptors (Lipinski definition) is 3. The molecule has 18 heavy (non-hydrogen) atoms. The minimum absolute atomic E-state index is 0.528. The number of anilines is 1. The van der Waals surface area contributed by atoms with Crippen molar-refractivity contribution in [2.24, 2.45) is 0 Å². The Morgan fingerprint density at radius 3 is 3.00 bits per heavy atom. The first-order valence-electron chi connectivity index (χ1n) is 5.56.